The Hall–Kier alpha value is -4.73. The number of allylic oxidation sites excluding steroid dienone is 3. The summed E-state index contributed by atoms with van der Waals surface area (Å²) in [6.07, 6.45) is 1.64. The van der Waals surface area contributed by atoms with Gasteiger partial charge in [-0.3, -0.25) is 14.4 Å². The Bertz CT molecular complexity index is 1720. The number of phenols is 1. The van der Waals surface area contributed by atoms with E-state index in [-0.39, 0.29) is 40.3 Å². The number of benzene rings is 3. The fourth-order valence-corrected chi connectivity index (χ4v) is 5.48. The first-order valence-electron chi connectivity index (χ1n) is 12.4. The first kappa shape index (κ1) is 26.9. The summed E-state index contributed by atoms with van der Waals surface area (Å²) >= 11 is 0. The number of phenolic OH excluding ortho intramolecular Hbond substituents is 1. The number of methoxy groups -OCH3 is 1. The summed E-state index contributed by atoms with van der Waals surface area (Å²) in [4.78, 5) is 39.2. The van der Waals surface area contributed by atoms with Gasteiger partial charge < -0.3 is 25.0 Å². The molecule has 1 heterocycles. The Morgan fingerprint density at radius 1 is 1.12 bits per heavy atom. The van der Waals surface area contributed by atoms with Gasteiger partial charge in [0.15, 0.2) is 17.3 Å². The largest absolute Gasteiger partial charge is 0.507 e. The minimum Gasteiger partial charge on any atom is -0.507 e. The number of halogens is 2. The molecule has 0 fully saturated rings. The number of amides is 1. The van der Waals surface area contributed by atoms with Crippen LogP contribution < -0.4 is 14.8 Å². The van der Waals surface area contributed by atoms with Crippen molar-refractivity contribution >= 4 is 28.2 Å². The highest BCUT2D eigenvalue weighted by Gasteiger charge is 2.55. The first-order chi connectivity index (χ1) is 18.9. The molecule has 0 bridgehead atoms. The molecule has 2 aliphatic rings. The second kappa shape index (κ2) is 9.48. The second-order valence-electron chi connectivity index (χ2n) is 9.78. The average molecular weight is 550 g/mol. The highest BCUT2D eigenvalue weighted by molar-refractivity contribution is 6.25. The monoisotopic (exact) mass is 549 g/mol. The van der Waals surface area contributed by atoms with Crippen molar-refractivity contribution in [2.45, 2.75) is 39.2 Å². The lowest BCUT2D eigenvalue weighted by Gasteiger charge is -2.27. The third-order valence-corrected chi connectivity index (χ3v) is 7.50. The van der Waals surface area contributed by atoms with Crippen LogP contribution in [0, 0.1) is 11.6 Å². The molecular formula is C30H25F2NO7. The molecule has 10 heteroatoms. The number of nitrogens with one attached hydrogen (secondary N) is 1. The number of hydrogen-bond donors (Lipinski definition) is 3. The molecule has 1 atom stereocenters. The minimum atomic E-state index is -1.70. The first-order valence-corrected chi connectivity index (χ1v) is 12.4. The van der Waals surface area contributed by atoms with Crippen LogP contribution in [0.2, 0.25) is 0 Å². The van der Waals surface area contributed by atoms with Crippen LogP contribution in [0.4, 0.5) is 8.78 Å². The third kappa shape index (κ3) is 3.82. The average Bonchev–Trinajstić information content (AvgIpc) is 3.20. The molecule has 0 unspecified atom stereocenters. The molecule has 8 nitrogen and oxygen atoms in total. The Labute approximate surface area is 227 Å². The molecule has 0 aromatic heterocycles. The number of aliphatic hydroxyl groups excluding tert-OH is 1. The highest BCUT2D eigenvalue weighted by Crippen LogP contribution is 2.56. The summed E-state index contributed by atoms with van der Waals surface area (Å²) in [5.41, 5.74) is -1.09. The van der Waals surface area contributed by atoms with Gasteiger partial charge in [-0.05, 0) is 42.8 Å². The SMILES string of the molecule is CCc1ccc2c(F)cc(F)cc2c1CNC(=O)c1c(OC)cc(O)c2c1OC1=CC(O)=C(C(C)=O)C(=O)[C@]12C. The molecule has 3 aromatic carbocycles. The molecule has 40 heavy (non-hydrogen) atoms. The van der Waals surface area contributed by atoms with Gasteiger partial charge in [0.2, 0.25) is 0 Å². The van der Waals surface area contributed by atoms with Crippen molar-refractivity contribution in [3.05, 3.63) is 87.4 Å². The van der Waals surface area contributed by atoms with Gasteiger partial charge in [0.1, 0.15) is 51.2 Å². The van der Waals surface area contributed by atoms with Gasteiger partial charge in [0, 0.05) is 30.1 Å². The number of Topliss-reactive ketones (excluding diaryl/α,β-unsaturated/α-hetero) is 2. The van der Waals surface area contributed by atoms with Crippen LogP contribution in [0.3, 0.4) is 0 Å². The fourth-order valence-electron chi connectivity index (χ4n) is 5.48. The maximum Gasteiger partial charge on any atom is 0.259 e. The van der Waals surface area contributed by atoms with E-state index in [1.807, 2.05) is 6.92 Å². The van der Waals surface area contributed by atoms with E-state index in [0.717, 1.165) is 30.7 Å². The Morgan fingerprint density at radius 2 is 1.85 bits per heavy atom. The normalized spacial score (nSPS) is 17.8. The number of fused-ring (bicyclic) bond motifs is 4. The second-order valence-corrected chi connectivity index (χ2v) is 9.78. The number of rotatable bonds is 6. The van der Waals surface area contributed by atoms with E-state index in [2.05, 4.69) is 5.32 Å². The van der Waals surface area contributed by atoms with Crippen molar-refractivity contribution in [1.82, 2.24) is 5.32 Å². The molecule has 0 saturated carbocycles. The van der Waals surface area contributed by atoms with Crippen molar-refractivity contribution in [3.8, 4) is 17.2 Å². The molecule has 1 amide bonds. The zero-order valence-electron chi connectivity index (χ0n) is 22.1. The number of ketones is 2. The van der Waals surface area contributed by atoms with Gasteiger partial charge >= 0.3 is 0 Å². The summed E-state index contributed by atoms with van der Waals surface area (Å²) in [5.74, 6) is -5.01. The smallest absolute Gasteiger partial charge is 0.259 e. The van der Waals surface area contributed by atoms with Gasteiger partial charge in [0.25, 0.3) is 5.91 Å². The topological polar surface area (TPSA) is 122 Å². The summed E-state index contributed by atoms with van der Waals surface area (Å²) in [6.45, 7) is 4.31. The zero-order chi connectivity index (χ0) is 29.1. The molecule has 5 rings (SSSR count). The Kier molecular flexibility index (Phi) is 6.36. The predicted octanol–water partition coefficient (Wildman–Crippen LogP) is 4.84. The number of aromatic hydroxyl groups is 1. The van der Waals surface area contributed by atoms with E-state index in [1.54, 1.807) is 12.1 Å². The quantitative estimate of drug-likeness (QED) is 0.376. The molecule has 0 radical (unpaired) electrons. The predicted molar refractivity (Wildman–Crippen MR) is 140 cm³/mol. The number of hydrogen-bond acceptors (Lipinski definition) is 7. The highest BCUT2D eigenvalue weighted by atomic mass is 19.1. The van der Waals surface area contributed by atoms with Crippen LogP contribution in [0.25, 0.3) is 10.8 Å². The minimum absolute atomic E-state index is 0.0653. The van der Waals surface area contributed by atoms with E-state index in [0.29, 0.717) is 17.4 Å². The van der Waals surface area contributed by atoms with Crippen molar-refractivity contribution in [3.63, 3.8) is 0 Å². The third-order valence-electron chi connectivity index (χ3n) is 7.50. The standard InChI is InChI=1S/C30H25F2NO7/c1-5-14-6-7-16-17(8-15(31)9-19(16)32)18(14)12-33-29(38)25-22(39-4)10-21(36)26-27(25)40-23-11-20(35)24(13(2)34)28(37)30(23,26)3/h6-11,35-36H,5,12H2,1-4H3,(H,33,38)/t30-/m1/s1. The van der Waals surface area contributed by atoms with E-state index in [9.17, 15) is 33.4 Å². The molecule has 3 N–H and O–H groups in total. The number of aryl methyl sites for hydroxylation is 1. The van der Waals surface area contributed by atoms with E-state index in [1.165, 1.54) is 20.1 Å². The van der Waals surface area contributed by atoms with Crippen molar-refractivity contribution in [2.75, 3.05) is 7.11 Å². The number of aliphatic hydroxyl groups is 1. The molecule has 1 aliphatic carbocycles. The van der Waals surface area contributed by atoms with Crippen LogP contribution in [0.1, 0.15) is 47.8 Å². The van der Waals surface area contributed by atoms with Crippen molar-refractivity contribution in [2.24, 2.45) is 0 Å². The molecule has 1 aliphatic heterocycles. The van der Waals surface area contributed by atoms with Crippen molar-refractivity contribution in [1.29, 1.82) is 0 Å². The summed E-state index contributed by atoms with van der Waals surface area (Å²) in [7, 11) is 1.28. The molecule has 3 aromatic rings. The van der Waals surface area contributed by atoms with Crippen molar-refractivity contribution < 1.29 is 42.9 Å². The number of ether oxygens (including phenoxy) is 2. The van der Waals surface area contributed by atoms with E-state index >= 15 is 0 Å². The van der Waals surface area contributed by atoms with E-state index in [4.69, 9.17) is 9.47 Å². The molecule has 0 spiro atoms. The zero-order valence-corrected chi connectivity index (χ0v) is 22.1. The lowest BCUT2D eigenvalue weighted by atomic mass is 9.71. The Balaban J connectivity index is 1.60. The summed E-state index contributed by atoms with van der Waals surface area (Å²) < 4.78 is 39.8. The molecule has 206 valence electrons. The van der Waals surface area contributed by atoms with Gasteiger partial charge in [0.05, 0.1) is 12.7 Å². The van der Waals surface area contributed by atoms with Gasteiger partial charge in [-0.15, -0.1) is 0 Å². The number of carbonyl (C=O) groups is 3. The maximum atomic E-state index is 14.5. The summed E-state index contributed by atoms with van der Waals surface area (Å²) in [6, 6.07) is 6.42. The van der Waals surface area contributed by atoms with E-state index < -0.39 is 51.6 Å². The van der Waals surface area contributed by atoms with Crippen LogP contribution in [0.5, 0.6) is 17.2 Å². The maximum absolute atomic E-state index is 14.5. The van der Waals surface area contributed by atoms with Crippen LogP contribution in [0.15, 0.2) is 53.5 Å². The van der Waals surface area contributed by atoms with Gasteiger partial charge in [-0.2, -0.15) is 0 Å². The van der Waals surface area contributed by atoms with Crippen LogP contribution >= 0.6 is 0 Å². The number of carbonyl (C=O) groups excluding carboxylic acids is 3. The lowest BCUT2D eigenvalue weighted by Crippen LogP contribution is -2.38. The molecular weight excluding hydrogens is 524 g/mol. The lowest BCUT2D eigenvalue weighted by molar-refractivity contribution is -0.123. The summed E-state index contributed by atoms with van der Waals surface area (Å²) in [5, 5.41) is 24.5. The molecule has 0 saturated heterocycles. The van der Waals surface area contributed by atoms with Gasteiger partial charge in [-0.25, -0.2) is 8.78 Å². The van der Waals surface area contributed by atoms with Crippen LogP contribution in [-0.2, 0) is 28.0 Å². The fraction of sp³-hybridized carbons (Fsp3) is 0.233. The van der Waals surface area contributed by atoms with Gasteiger partial charge in [-0.1, -0.05) is 19.1 Å². The van der Waals surface area contributed by atoms with Crippen LogP contribution in [-0.4, -0.2) is 34.8 Å². The Morgan fingerprint density at radius 3 is 2.50 bits per heavy atom.